The Kier molecular flexibility index (Phi) is 5.56. The lowest BCUT2D eigenvalue weighted by Gasteiger charge is -2.10. The number of rotatable bonds is 5. The number of aryl methyl sites for hydroxylation is 2. The lowest BCUT2D eigenvalue weighted by atomic mass is 10.2. The van der Waals surface area contributed by atoms with Crippen LogP contribution < -0.4 is 5.43 Å². The van der Waals surface area contributed by atoms with Gasteiger partial charge in [0.2, 0.25) is 0 Å². The van der Waals surface area contributed by atoms with Crippen molar-refractivity contribution in [2.75, 3.05) is 0 Å². The minimum Gasteiger partial charge on any atom is -0.319 e. The standard InChI is InChI=1S/C20H17ClN4O3/c1-13-3-4-14(2)24(13)18-8-5-15(6-9-18)20(26)23-22-12-16-11-17(21)7-10-19(16)25(27)28/h3-12H,1-2H3,(H,23,26)/b22-12+. The summed E-state index contributed by atoms with van der Waals surface area (Å²) in [6.07, 6.45) is 1.20. The summed E-state index contributed by atoms with van der Waals surface area (Å²) in [6, 6.07) is 15.3. The molecule has 0 fully saturated rings. The van der Waals surface area contributed by atoms with E-state index >= 15 is 0 Å². The zero-order chi connectivity index (χ0) is 20.3. The van der Waals surface area contributed by atoms with E-state index in [-0.39, 0.29) is 11.3 Å². The summed E-state index contributed by atoms with van der Waals surface area (Å²) < 4.78 is 2.08. The molecule has 0 atom stereocenters. The van der Waals surface area contributed by atoms with Crippen molar-refractivity contribution in [2.24, 2.45) is 5.10 Å². The van der Waals surface area contributed by atoms with Crippen molar-refractivity contribution in [3.63, 3.8) is 0 Å². The number of aromatic nitrogens is 1. The number of nitro groups is 1. The SMILES string of the molecule is Cc1ccc(C)n1-c1ccc(C(=O)N/N=C/c2cc(Cl)ccc2[N+](=O)[O-])cc1. The first-order valence-corrected chi connectivity index (χ1v) is 8.77. The lowest BCUT2D eigenvalue weighted by molar-refractivity contribution is -0.385. The monoisotopic (exact) mass is 396 g/mol. The van der Waals surface area contributed by atoms with Gasteiger partial charge in [0.1, 0.15) is 0 Å². The molecule has 8 heteroatoms. The van der Waals surface area contributed by atoms with Gasteiger partial charge in [0, 0.05) is 33.7 Å². The van der Waals surface area contributed by atoms with Crippen molar-refractivity contribution in [1.29, 1.82) is 0 Å². The van der Waals surface area contributed by atoms with Crippen LogP contribution >= 0.6 is 11.6 Å². The topological polar surface area (TPSA) is 89.5 Å². The molecule has 28 heavy (non-hydrogen) atoms. The summed E-state index contributed by atoms with van der Waals surface area (Å²) in [4.78, 5) is 22.8. The number of nitrogens with zero attached hydrogens (tertiary/aromatic N) is 3. The van der Waals surface area contributed by atoms with Crippen LogP contribution in [-0.2, 0) is 0 Å². The number of nitro benzene ring substituents is 1. The first kappa shape index (κ1) is 19.3. The molecule has 1 heterocycles. The molecular formula is C20H17ClN4O3. The van der Waals surface area contributed by atoms with E-state index in [1.54, 1.807) is 12.1 Å². The summed E-state index contributed by atoms with van der Waals surface area (Å²) in [6.45, 7) is 4.02. The molecule has 0 aliphatic heterocycles. The molecule has 0 bridgehead atoms. The molecule has 0 unspecified atom stereocenters. The Morgan fingerprint density at radius 2 is 1.75 bits per heavy atom. The van der Waals surface area contributed by atoms with Gasteiger partial charge in [0.15, 0.2) is 0 Å². The third-order valence-electron chi connectivity index (χ3n) is 4.21. The van der Waals surface area contributed by atoms with Crippen LogP contribution in [0.2, 0.25) is 5.02 Å². The minimum absolute atomic E-state index is 0.149. The number of benzene rings is 2. The van der Waals surface area contributed by atoms with Crippen LogP contribution in [0.1, 0.15) is 27.3 Å². The minimum atomic E-state index is -0.538. The molecule has 0 saturated carbocycles. The zero-order valence-electron chi connectivity index (χ0n) is 15.2. The highest BCUT2D eigenvalue weighted by atomic mass is 35.5. The normalized spacial score (nSPS) is 11.0. The second-order valence-corrected chi connectivity index (χ2v) is 6.59. The number of nitrogens with one attached hydrogen (secondary N) is 1. The van der Waals surface area contributed by atoms with Gasteiger partial charge < -0.3 is 4.57 Å². The van der Waals surface area contributed by atoms with Crippen molar-refractivity contribution in [1.82, 2.24) is 9.99 Å². The molecule has 1 aromatic heterocycles. The van der Waals surface area contributed by atoms with E-state index in [2.05, 4.69) is 15.1 Å². The van der Waals surface area contributed by atoms with Gasteiger partial charge in [-0.3, -0.25) is 14.9 Å². The Morgan fingerprint density at radius 3 is 2.36 bits per heavy atom. The fourth-order valence-corrected chi connectivity index (χ4v) is 3.04. The number of hydrazone groups is 1. The third-order valence-corrected chi connectivity index (χ3v) is 4.45. The summed E-state index contributed by atoms with van der Waals surface area (Å²) in [5.41, 5.74) is 5.99. The fraction of sp³-hybridized carbons (Fsp3) is 0.100. The highest BCUT2D eigenvalue weighted by molar-refractivity contribution is 6.31. The van der Waals surface area contributed by atoms with Gasteiger partial charge in [0.25, 0.3) is 11.6 Å². The average molecular weight is 397 g/mol. The van der Waals surface area contributed by atoms with E-state index < -0.39 is 10.8 Å². The first-order chi connectivity index (χ1) is 13.4. The highest BCUT2D eigenvalue weighted by Crippen LogP contribution is 2.21. The number of hydrogen-bond acceptors (Lipinski definition) is 4. The maximum Gasteiger partial charge on any atom is 0.278 e. The number of amides is 1. The van der Waals surface area contributed by atoms with Gasteiger partial charge in [-0.1, -0.05) is 11.6 Å². The molecule has 0 radical (unpaired) electrons. The van der Waals surface area contributed by atoms with Crippen molar-refractivity contribution >= 4 is 29.4 Å². The van der Waals surface area contributed by atoms with Crippen LogP contribution in [-0.4, -0.2) is 21.6 Å². The second-order valence-electron chi connectivity index (χ2n) is 6.16. The van der Waals surface area contributed by atoms with Crippen LogP contribution in [0.5, 0.6) is 0 Å². The second kappa shape index (κ2) is 8.06. The Balaban J connectivity index is 1.73. The van der Waals surface area contributed by atoms with Crippen LogP contribution in [0.3, 0.4) is 0 Å². The maximum absolute atomic E-state index is 12.3. The van der Waals surface area contributed by atoms with Crippen LogP contribution in [0.25, 0.3) is 5.69 Å². The van der Waals surface area contributed by atoms with Gasteiger partial charge in [-0.2, -0.15) is 5.10 Å². The molecule has 1 amide bonds. The van der Waals surface area contributed by atoms with Gasteiger partial charge >= 0.3 is 0 Å². The summed E-state index contributed by atoms with van der Waals surface area (Å²) >= 11 is 5.86. The van der Waals surface area contributed by atoms with Crippen molar-refractivity contribution in [3.8, 4) is 5.69 Å². The predicted octanol–water partition coefficient (Wildman–Crippen LogP) is 4.42. The summed E-state index contributed by atoms with van der Waals surface area (Å²) in [5, 5.41) is 15.2. The van der Waals surface area contributed by atoms with E-state index in [0.717, 1.165) is 17.1 Å². The van der Waals surface area contributed by atoms with E-state index in [0.29, 0.717) is 10.6 Å². The molecule has 2 aromatic carbocycles. The first-order valence-electron chi connectivity index (χ1n) is 8.39. The molecule has 1 N–H and O–H groups in total. The largest absolute Gasteiger partial charge is 0.319 e. The molecule has 7 nitrogen and oxygen atoms in total. The zero-order valence-corrected chi connectivity index (χ0v) is 16.0. The van der Waals surface area contributed by atoms with Gasteiger partial charge in [-0.25, -0.2) is 5.43 Å². The molecule has 3 aromatic rings. The number of carbonyl (C=O) groups excluding carboxylic acids is 1. The fourth-order valence-electron chi connectivity index (χ4n) is 2.86. The Hall–Kier alpha value is -3.45. The molecule has 0 spiro atoms. The van der Waals surface area contributed by atoms with Crippen molar-refractivity contribution in [3.05, 3.63) is 92.2 Å². The third kappa shape index (κ3) is 4.10. The number of hydrogen-bond donors (Lipinski definition) is 1. The molecule has 3 rings (SSSR count). The highest BCUT2D eigenvalue weighted by Gasteiger charge is 2.12. The Morgan fingerprint density at radius 1 is 1.11 bits per heavy atom. The molecule has 0 aliphatic rings. The molecular weight excluding hydrogens is 380 g/mol. The van der Waals surface area contributed by atoms with E-state index in [4.69, 9.17) is 11.6 Å². The van der Waals surface area contributed by atoms with Gasteiger partial charge in [-0.15, -0.1) is 0 Å². The quantitative estimate of drug-likeness (QED) is 0.393. The smallest absolute Gasteiger partial charge is 0.278 e. The Labute approximate surface area is 166 Å². The molecule has 0 aliphatic carbocycles. The molecule has 142 valence electrons. The number of halogens is 1. The van der Waals surface area contributed by atoms with Crippen molar-refractivity contribution in [2.45, 2.75) is 13.8 Å². The van der Waals surface area contributed by atoms with E-state index in [9.17, 15) is 14.9 Å². The van der Waals surface area contributed by atoms with Crippen molar-refractivity contribution < 1.29 is 9.72 Å². The number of carbonyl (C=O) groups is 1. The van der Waals surface area contributed by atoms with E-state index in [1.807, 2.05) is 38.1 Å². The van der Waals surface area contributed by atoms with Gasteiger partial charge in [0.05, 0.1) is 16.7 Å². The average Bonchev–Trinajstić information content (AvgIpc) is 3.00. The van der Waals surface area contributed by atoms with E-state index in [1.165, 1.54) is 24.4 Å². The lowest BCUT2D eigenvalue weighted by Crippen LogP contribution is -2.17. The predicted molar refractivity (Wildman–Crippen MR) is 108 cm³/mol. The van der Waals surface area contributed by atoms with Crippen LogP contribution in [0.4, 0.5) is 5.69 Å². The summed E-state index contributed by atoms with van der Waals surface area (Å²) in [5.74, 6) is -0.423. The van der Waals surface area contributed by atoms with Crippen LogP contribution in [0, 0.1) is 24.0 Å². The Bertz CT molecular complexity index is 1050. The summed E-state index contributed by atoms with van der Waals surface area (Å²) in [7, 11) is 0. The van der Waals surface area contributed by atoms with Gasteiger partial charge in [-0.05, 0) is 62.4 Å². The molecule has 0 saturated heterocycles. The maximum atomic E-state index is 12.3. The van der Waals surface area contributed by atoms with Crippen LogP contribution in [0.15, 0.2) is 59.7 Å².